The summed E-state index contributed by atoms with van der Waals surface area (Å²) in [6.07, 6.45) is 4.47. The molecule has 1 saturated heterocycles. The molecule has 0 bridgehead atoms. The lowest BCUT2D eigenvalue weighted by atomic mass is 9.96. The van der Waals surface area contributed by atoms with Crippen LogP contribution in [0.15, 0.2) is 6.20 Å². The van der Waals surface area contributed by atoms with Crippen LogP contribution in [-0.2, 0) is 13.5 Å². The molecule has 3 heteroatoms. The molecule has 2 atom stereocenters. The van der Waals surface area contributed by atoms with E-state index < -0.39 is 0 Å². The third kappa shape index (κ3) is 1.57. The topological polar surface area (TPSA) is 29.9 Å². The minimum atomic E-state index is 0.527. The Morgan fingerprint density at radius 1 is 1.64 bits per heavy atom. The summed E-state index contributed by atoms with van der Waals surface area (Å²) in [5.41, 5.74) is 2.65. The van der Waals surface area contributed by atoms with E-state index in [0.29, 0.717) is 6.04 Å². The summed E-state index contributed by atoms with van der Waals surface area (Å²) in [6.45, 7) is 5.63. The molecule has 0 spiro atoms. The van der Waals surface area contributed by atoms with Crippen LogP contribution < -0.4 is 5.32 Å². The van der Waals surface area contributed by atoms with Crippen LogP contribution in [0.3, 0.4) is 0 Å². The maximum atomic E-state index is 4.48. The van der Waals surface area contributed by atoms with Gasteiger partial charge in [-0.1, -0.05) is 13.8 Å². The zero-order valence-electron chi connectivity index (χ0n) is 9.25. The molecule has 78 valence electrons. The molecule has 2 rings (SSSR count). The molecule has 1 fully saturated rings. The molecule has 1 aliphatic rings. The van der Waals surface area contributed by atoms with Gasteiger partial charge < -0.3 is 5.32 Å². The molecule has 0 radical (unpaired) electrons. The number of hydrogen-bond acceptors (Lipinski definition) is 2. The molecule has 1 aromatic rings. The van der Waals surface area contributed by atoms with Crippen LogP contribution in [0.4, 0.5) is 0 Å². The molecule has 14 heavy (non-hydrogen) atoms. The maximum absolute atomic E-state index is 4.48. The lowest BCUT2D eigenvalue weighted by Crippen LogP contribution is -2.17. The fourth-order valence-corrected chi connectivity index (χ4v) is 2.34. The second-order valence-electron chi connectivity index (χ2n) is 4.26. The van der Waals surface area contributed by atoms with Crippen LogP contribution in [0.2, 0.25) is 0 Å². The second kappa shape index (κ2) is 3.73. The van der Waals surface area contributed by atoms with Crippen molar-refractivity contribution in [1.29, 1.82) is 0 Å². The predicted octanol–water partition coefficient (Wildman–Crippen LogP) is 1.65. The van der Waals surface area contributed by atoms with Gasteiger partial charge >= 0.3 is 0 Å². The highest BCUT2D eigenvalue weighted by atomic mass is 15.3. The molecular weight excluding hydrogens is 174 g/mol. The molecule has 2 unspecified atom stereocenters. The van der Waals surface area contributed by atoms with Crippen LogP contribution in [0, 0.1) is 5.92 Å². The van der Waals surface area contributed by atoms with Gasteiger partial charge in [-0.15, -0.1) is 0 Å². The Morgan fingerprint density at radius 3 is 3.00 bits per heavy atom. The van der Waals surface area contributed by atoms with Gasteiger partial charge in [-0.05, 0) is 25.3 Å². The molecule has 0 saturated carbocycles. The summed E-state index contributed by atoms with van der Waals surface area (Å²) in [5.74, 6) is 0.740. The molecule has 2 heterocycles. The summed E-state index contributed by atoms with van der Waals surface area (Å²) >= 11 is 0. The molecular formula is C11H19N3. The zero-order chi connectivity index (χ0) is 10.1. The number of nitrogens with one attached hydrogen (secondary N) is 1. The van der Waals surface area contributed by atoms with Crippen molar-refractivity contribution in [2.75, 3.05) is 6.54 Å². The fourth-order valence-electron chi connectivity index (χ4n) is 2.34. The summed E-state index contributed by atoms with van der Waals surface area (Å²) in [4.78, 5) is 0. The van der Waals surface area contributed by atoms with Gasteiger partial charge in [0, 0.05) is 24.8 Å². The SMILES string of the molecule is CCc1nn(C)cc1C1NCCC1C. The highest BCUT2D eigenvalue weighted by molar-refractivity contribution is 5.23. The molecule has 3 nitrogen and oxygen atoms in total. The summed E-state index contributed by atoms with van der Waals surface area (Å²) in [5, 5.41) is 8.04. The van der Waals surface area contributed by atoms with Gasteiger partial charge in [-0.25, -0.2) is 0 Å². The standard InChI is InChI=1S/C11H19N3/c1-4-10-9(7-14(3)13-10)11-8(2)5-6-12-11/h7-8,11-12H,4-6H2,1-3H3. The van der Waals surface area contributed by atoms with Crippen molar-refractivity contribution in [3.8, 4) is 0 Å². The lowest BCUT2D eigenvalue weighted by Gasteiger charge is -2.14. The number of aromatic nitrogens is 2. The Labute approximate surface area is 85.5 Å². The van der Waals surface area contributed by atoms with E-state index in [4.69, 9.17) is 0 Å². The summed E-state index contributed by atoms with van der Waals surface area (Å²) < 4.78 is 1.93. The molecule has 1 aliphatic heterocycles. The average Bonchev–Trinajstić information content (AvgIpc) is 2.71. The number of hydrogen-bond donors (Lipinski definition) is 1. The first-order valence-corrected chi connectivity index (χ1v) is 5.48. The first-order chi connectivity index (χ1) is 6.72. The highest BCUT2D eigenvalue weighted by Gasteiger charge is 2.27. The van der Waals surface area contributed by atoms with Gasteiger partial charge in [-0.3, -0.25) is 4.68 Å². The van der Waals surface area contributed by atoms with Crippen LogP contribution in [0.5, 0.6) is 0 Å². The maximum Gasteiger partial charge on any atom is 0.0669 e. The van der Waals surface area contributed by atoms with E-state index in [1.807, 2.05) is 11.7 Å². The van der Waals surface area contributed by atoms with Gasteiger partial charge in [0.2, 0.25) is 0 Å². The Kier molecular flexibility index (Phi) is 2.59. The van der Waals surface area contributed by atoms with Crippen molar-refractivity contribution < 1.29 is 0 Å². The second-order valence-corrected chi connectivity index (χ2v) is 4.26. The minimum absolute atomic E-state index is 0.527. The van der Waals surface area contributed by atoms with E-state index in [1.165, 1.54) is 17.7 Å². The van der Waals surface area contributed by atoms with E-state index in [1.54, 1.807) is 0 Å². The molecule has 0 aliphatic carbocycles. The van der Waals surface area contributed by atoms with Crippen LogP contribution in [-0.4, -0.2) is 16.3 Å². The Balaban J connectivity index is 2.29. The zero-order valence-corrected chi connectivity index (χ0v) is 9.25. The van der Waals surface area contributed by atoms with Crippen molar-refractivity contribution >= 4 is 0 Å². The van der Waals surface area contributed by atoms with Crippen molar-refractivity contribution in [2.45, 2.75) is 32.7 Å². The van der Waals surface area contributed by atoms with Crippen LogP contribution in [0.25, 0.3) is 0 Å². The van der Waals surface area contributed by atoms with Crippen molar-refractivity contribution in [1.82, 2.24) is 15.1 Å². The van der Waals surface area contributed by atoms with Gasteiger partial charge in [0.15, 0.2) is 0 Å². The summed E-state index contributed by atoms with van der Waals surface area (Å²) in [6, 6.07) is 0.527. The van der Waals surface area contributed by atoms with Crippen molar-refractivity contribution in [2.24, 2.45) is 13.0 Å². The van der Waals surface area contributed by atoms with Gasteiger partial charge in [0.25, 0.3) is 0 Å². The summed E-state index contributed by atoms with van der Waals surface area (Å²) in [7, 11) is 2.00. The number of rotatable bonds is 2. The monoisotopic (exact) mass is 193 g/mol. The predicted molar refractivity (Wildman–Crippen MR) is 57.1 cm³/mol. The molecule has 0 aromatic carbocycles. The quantitative estimate of drug-likeness (QED) is 0.774. The first-order valence-electron chi connectivity index (χ1n) is 5.48. The smallest absolute Gasteiger partial charge is 0.0669 e. The van der Waals surface area contributed by atoms with E-state index in [2.05, 4.69) is 30.5 Å². The normalized spacial score (nSPS) is 27.1. The van der Waals surface area contributed by atoms with Crippen LogP contribution in [0.1, 0.15) is 37.6 Å². The van der Waals surface area contributed by atoms with Gasteiger partial charge in [0.1, 0.15) is 0 Å². The number of aryl methyl sites for hydroxylation is 2. The average molecular weight is 193 g/mol. The largest absolute Gasteiger partial charge is 0.310 e. The lowest BCUT2D eigenvalue weighted by molar-refractivity contribution is 0.500. The van der Waals surface area contributed by atoms with Crippen molar-refractivity contribution in [3.63, 3.8) is 0 Å². The third-order valence-corrected chi connectivity index (χ3v) is 3.14. The highest BCUT2D eigenvalue weighted by Crippen LogP contribution is 2.30. The van der Waals surface area contributed by atoms with Crippen molar-refractivity contribution in [3.05, 3.63) is 17.5 Å². The van der Waals surface area contributed by atoms with E-state index in [9.17, 15) is 0 Å². The van der Waals surface area contributed by atoms with Crippen LogP contribution >= 0.6 is 0 Å². The van der Waals surface area contributed by atoms with E-state index in [0.717, 1.165) is 18.9 Å². The minimum Gasteiger partial charge on any atom is -0.310 e. The van der Waals surface area contributed by atoms with E-state index in [-0.39, 0.29) is 0 Å². The van der Waals surface area contributed by atoms with E-state index >= 15 is 0 Å². The fraction of sp³-hybridized carbons (Fsp3) is 0.727. The third-order valence-electron chi connectivity index (χ3n) is 3.14. The van der Waals surface area contributed by atoms with Gasteiger partial charge in [-0.2, -0.15) is 5.10 Å². The Bertz CT molecular complexity index is 316. The first kappa shape index (κ1) is 9.71. The molecule has 0 amide bonds. The number of nitrogens with zero attached hydrogens (tertiary/aromatic N) is 2. The molecule has 1 aromatic heterocycles. The Morgan fingerprint density at radius 2 is 2.43 bits per heavy atom. The molecule has 1 N–H and O–H groups in total. The van der Waals surface area contributed by atoms with Gasteiger partial charge in [0.05, 0.1) is 5.69 Å². The Hall–Kier alpha value is -0.830.